The molecule has 11 heteroatoms. The number of alkyl halides is 3. The number of ether oxygens (including phenoxy) is 1. The van der Waals surface area contributed by atoms with Gasteiger partial charge in [-0.05, 0) is 61.8 Å². The van der Waals surface area contributed by atoms with Crippen molar-refractivity contribution in [3.05, 3.63) is 59.3 Å². The van der Waals surface area contributed by atoms with E-state index in [1.165, 1.54) is 6.07 Å². The molecule has 3 aliphatic rings. The van der Waals surface area contributed by atoms with E-state index in [1.54, 1.807) is 19.4 Å². The van der Waals surface area contributed by atoms with Crippen LogP contribution in [0.4, 0.5) is 13.2 Å². The lowest BCUT2D eigenvalue weighted by Crippen LogP contribution is -2.46. The van der Waals surface area contributed by atoms with E-state index in [2.05, 4.69) is 20.5 Å². The van der Waals surface area contributed by atoms with Crippen LogP contribution in [0.5, 0.6) is 5.88 Å². The summed E-state index contributed by atoms with van der Waals surface area (Å²) in [7, 11) is 1.56. The van der Waals surface area contributed by atoms with E-state index in [9.17, 15) is 27.9 Å². The number of hydrogen-bond acceptors (Lipinski definition) is 6. The number of nitrogens with one attached hydrogen (secondary N) is 2. The number of likely N-dealkylation sites (tertiary alicyclic amines) is 1. The largest absolute Gasteiger partial charge is 0.481 e. The summed E-state index contributed by atoms with van der Waals surface area (Å²) in [5, 5.41) is 16.8. The Balaban J connectivity index is 1.09. The number of rotatable bonds is 7. The Labute approximate surface area is 218 Å². The topological polar surface area (TPSA) is 104 Å². The molecule has 2 aliphatic carbocycles. The molecule has 0 radical (unpaired) electrons. The van der Waals surface area contributed by atoms with Crippen LogP contribution in [0.1, 0.15) is 47.2 Å². The molecule has 2 heterocycles. The first kappa shape index (κ1) is 26.4. The van der Waals surface area contributed by atoms with E-state index >= 15 is 0 Å². The summed E-state index contributed by atoms with van der Waals surface area (Å²) < 4.78 is 43.8. The van der Waals surface area contributed by atoms with Gasteiger partial charge in [-0.2, -0.15) is 13.2 Å². The number of carbonyl (C=O) groups is 2. The monoisotopic (exact) mass is 532 g/mol. The highest BCUT2D eigenvalue weighted by Gasteiger charge is 2.56. The van der Waals surface area contributed by atoms with Crippen molar-refractivity contribution in [1.29, 1.82) is 0 Å². The van der Waals surface area contributed by atoms with Crippen LogP contribution in [0.15, 0.2) is 42.6 Å². The predicted octanol–water partition coefficient (Wildman–Crippen LogP) is 2.72. The van der Waals surface area contributed by atoms with E-state index in [-0.39, 0.29) is 30.0 Å². The third kappa shape index (κ3) is 5.22. The summed E-state index contributed by atoms with van der Waals surface area (Å²) >= 11 is 0. The first-order valence-electron chi connectivity index (χ1n) is 12.8. The highest BCUT2D eigenvalue weighted by atomic mass is 19.4. The van der Waals surface area contributed by atoms with E-state index in [4.69, 9.17) is 4.74 Å². The van der Waals surface area contributed by atoms with Crippen molar-refractivity contribution in [1.82, 2.24) is 20.5 Å². The summed E-state index contributed by atoms with van der Waals surface area (Å²) in [5.41, 5.74) is -1.13. The van der Waals surface area contributed by atoms with Gasteiger partial charge in [0.25, 0.3) is 5.91 Å². The molecule has 2 bridgehead atoms. The molecule has 38 heavy (non-hydrogen) atoms. The molecule has 1 aromatic carbocycles. The fourth-order valence-corrected chi connectivity index (χ4v) is 6.42. The standard InChI is InChI=1S/C27H31F3N4O4/c1-38-24-6-5-19(13-31-24)26(37)12-17-10-20(26)11-22(17)34-8-7-21(15-34)33-23(35)14-32-25(36)16-3-2-4-18(9-16)27(28,29)30/h2-6,9,13,17,20-22,37H,7-8,10-12,14-15H2,1H3,(H,32,36)(H,33,35). The molecule has 1 aromatic heterocycles. The first-order valence-corrected chi connectivity index (χ1v) is 12.8. The molecule has 2 saturated carbocycles. The maximum atomic E-state index is 12.9. The molecule has 204 valence electrons. The Morgan fingerprint density at radius 3 is 2.71 bits per heavy atom. The van der Waals surface area contributed by atoms with Crippen molar-refractivity contribution < 1.29 is 32.6 Å². The van der Waals surface area contributed by atoms with Gasteiger partial charge in [0.1, 0.15) is 0 Å². The molecule has 5 unspecified atom stereocenters. The van der Waals surface area contributed by atoms with Gasteiger partial charge in [0, 0.05) is 48.6 Å². The zero-order valence-corrected chi connectivity index (χ0v) is 21.0. The maximum Gasteiger partial charge on any atom is 0.416 e. The van der Waals surface area contributed by atoms with Crippen LogP contribution < -0.4 is 15.4 Å². The van der Waals surface area contributed by atoms with Gasteiger partial charge in [-0.3, -0.25) is 14.5 Å². The second kappa shape index (κ2) is 10.2. The Bertz CT molecular complexity index is 1190. The highest BCUT2D eigenvalue weighted by Crippen LogP contribution is 2.57. The van der Waals surface area contributed by atoms with Gasteiger partial charge in [-0.15, -0.1) is 0 Å². The van der Waals surface area contributed by atoms with Gasteiger partial charge in [0.05, 0.1) is 24.8 Å². The highest BCUT2D eigenvalue weighted by molar-refractivity contribution is 5.96. The average Bonchev–Trinajstić information content (AvgIpc) is 3.62. The summed E-state index contributed by atoms with van der Waals surface area (Å²) in [5.74, 6) is -0.105. The maximum absolute atomic E-state index is 12.9. The van der Waals surface area contributed by atoms with Gasteiger partial charge < -0.3 is 20.5 Å². The lowest BCUT2D eigenvalue weighted by Gasteiger charge is -2.39. The van der Waals surface area contributed by atoms with Crippen LogP contribution in [0.25, 0.3) is 0 Å². The minimum atomic E-state index is -4.55. The summed E-state index contributed by atoms with van der Waals surface area (Å²) in [6, 6.07) is 8.02. The normalized spacial score (nSPS) is 28.9. The number of pyridine rings is 1. The van der Waals surface area contributed by atoms with Crippen LogP contribution >= 0.6 is 0 Å². The molecule has 3 fully saturated rings. The molecule has 0 spiro atoms. The van der Waals surface area contributed by atoms with E-state index in [0.717, 1.165) is 49.6 Å². The number of amides is 2. The number of carbonyl (C=O) groups excluding carboxylic acids is 2. The van der Waals surface area contributed by atoms with Crippen molar-refractivity contribution in [3.8, 4) is 5.88 Å². The number of fused-ring (bicyclic) bond motifs is 2. The van der Waals surface area contributed by atoms with Crippen LogP contribution in [0, 0.1) is 11.8 Å². The van der Waals surface area contributed by atoms with Gasteiger partial charge in [-0.1, -0.05) is 6.07 Å². The lowest BCUT2D eigenvalue weighted by molar-refractivity contribution is -0.137. The Kier molecular flexibility index (Phi) is 7.08. The molecule has 1 saturated heterocycles. The summed E-state index contributed by atoms with van der Waals surface area (Å²) in [6.45, 7) is 1.20. The zero-order chi connectivity index (χ0) is 27.1. The van der Waals surface area contributed by atoms with Gasteiger partial charge in [0.2, 0.25) is 11.8 Å². The van der Waals surface area contributed by atoms with E-state index in [1.807, 2.05) is 6.07 Å². The molecule has 3 N–H and O–H groups in total. The predicted molar refractivity (Wildman–Crippen MR) is 131 cm³/mol. The van der Waals surface area contributed by atoms with E-state index < -0.39 is 23.2 Å². The molecule has 8 nitrogen and oxygen atoms in total. The smallest absolute Gasteiger partial charge is 0.416 e. The van der Waals surface area contributed by atoms with E-state index in [0.29, 0.717) is 30.8 Å². The molecule has 1 aliphatic heterocycles. The molecule has 5 atom stereocenters. The average molecular weight is 533 g/mol. The molecule has 5 rings (SSSR count). The molecule has 2 aromatic rings. The summed E-state index contributed by atoms with van der Waals surface area (Å²) in [6.07, 6.45) is 0.413. The number of aliphatic hydroxyl groups is 1. The third-order valence-electron chi connectivity index (χ3n) is 8.27. The quantitative estimate of drug-likeness (QED) is 0.507. The van der Waals surface area contributed by atoms with Crippen molar-refractivity contribution in [2.45, 2.75) is 49.5 Å². The van der Waals surface area contributed by atoms with Crippen molar-refractivity contribution in [2.24, 2.45) is 11.8 Å². The van der Waals surface area contributed by atoms with Crippen LogP contribution in [0.3, 0.4) is 0 Å². The van der Waals surface area contributed by atoms with Crippen LogP contribution in [0.2, 0.25) is 0 Å². The second-order valence-corrected chi connectivity index (χ2v) is 10.5. The fraction of sp³-hybridized carbons (Fsp3) is 0.519. The minimum Gasteiger partial charge on any atom is -0.481 e. The molecular weight excluding hydrogens is 501 g/mol. The number of nitrogens with zero attached hydrogens (tertiary/aromatic N) is 2. The third-order valence-corrected chi connectivity index (χ3v) is 8.27. The van der Waals surface area contributed by atoms with Gasteiger partial charge >= 0.3 is 6.18 Å². The zero-order valence-electron chi connectivity index (χ0n) is 21.0. The van der Waals surface area contributed by atoms with Crippen LogP contribution in [-0.4, -0.2) is 65.6 Å². The first-order chi connectivity index (χ1) is 18.1. The fourth-order valence-electron chi connectivity index (χ4n) is 6.42. The summed E-state index contributed by atoms with van der Waals surface area (Å²) in [4.78, 5) is 31.3. The molecule has 2 amide bonds. The van der Waals surface area contributed by atoms with Crippen molar-refractivity contribution >= 4 is 11.8 Å². The number of benzene rings is 1. The number of methoxy groups -OCH3 is 1. The lowest BCUT2D eigenvalue weighted by atomic mass is 9.77. The second-order valence-electron chi connectivity index (χ2n) is 10.5. The SMILES string of the molecule is COc1ccc(C2(O)CC3CC2CC3N2CCC(NC(=O)CNC(=O)c3cccc(C(F)(F)F)c3)C2)cn1. The Morgan fingerprint density at radius 1 is 1.24 bits per heavy atom. The van der Waals surface area contributed by atoms with Crippen molar-refractivity contribution in [2.75, 3.05) is 26.7 Å². The Morgan fingerprint density at radius 2 is 2.05 bits per heavy atom. The minimum absolute atomic E-state index is 0.0724. The molecular formula is C27H31F3N4O4. The van der Waals surface area contributed by atoms with Gasteiger partial charge in [0.15, 0.2) is 0 Å². The van der Waals surface area contributed by atoms with Crippen LogP contribution in [-0.2, 0) is 16.6 Å². The number of aromatic nitrogens is 1. The number of halogens is 3. The van der Waals surface area contributed by atoms with Crippen molar-refractivity contribution in [3.63, 3.8) is 0 Å². The number of hydrogen-bond donors (Lipinski definition) is 3. The van der Waals surface area contributed by atoms with Gasteiger partial charge in [-0.25, -0.2) is 4.98 Å². The Hall–Kier alpha value is -3.18.